The highest BCUT2D eigenvalue weighted by Gasteiger charge is 2.45. The minimum Gasteiger partial charge on any atom is -0.481 e. The number of allylic oxidation sites excluding steroid dienone is 8. The van der Waals surface area contributed by atoms with E-state index in [1.165, 1.54) is 63.3 Å². The maximum atomic E-state index is 11.6. The van der Waals surface area contributed by atoms with Crippen molar-refractivity contribution in [1.82, 2.24) is 0 Å². The van der Waals surface area contributed by atoms with Crippen LogP contribution < -0.4 is 4.90 Å². The third-order valence-corrected chi connectivity index (χ3v) is 10.00. The average molecular weight is 624 g/mol. The Morgan fingerprint density at radius 2 is 1.40 bits per heavy atom. The molecular weight excluding hydrogens is 576 g/mol. The van der Waals surface area contributed by atoms with E-state index in [1.807, 2.05) is 0 Å². The average Bonchev–Trinajstić information content (AvgIpc) is 3.41. The van der Waals surface area contributed by atoms with Gasteiger partial charge < -0.3 is 10.0 Å². The molecule has 0 radical (unpaired) electrons. The van der Waals surface area contributed by atoms with Crippen molar-refractivity contribution >= 4 is 44.6 Å². The van der Waals surface area contributed by atoms with Gasteiger partial charge in [0.15, 0.2) is 5.71 Å². The van der Waals surface area contributed by atoms with Gasteiger partial charge >= 0.3 is 5.97 Å². The van der Waals surface area contributed by atoms with Crippen LogP contribution in [0, 0.1) is 0 Å². The van der Waals surface area contributed by atoms with Crippen LogP contribution in [0.1, 0.15) is 71.4 Å². The first-order valence-electron chi connectivity index (χ1n) is 17.1. The minimum absolute atomic E-state index is 0.0818. The Kier molecular flexibility index (Phi) is 9.05. The molecule has 0 aliphatic carbocycles. The van der Waals surface area contributed by atoms with Crippen LogP contribution in [0.2, 0.25) is 0 Å². The number of hydrogen-bond acceptors (Lipinski definition) is 2. The van der Waals surface area contributed by atoms with Gasteiger partial charge in [0.1, 0.15) is 6.54 Å². The van der Waals surface area contributed by atoms with E-state index in [-0.39, 0.29) is 17.3 Å². The maximum absolute atomic E-state index is 11.6. The number of anilines is 1. The summed E-state index contributed by atoms with van der Waals surface area (Å²) in [5.74, 6) is -0.787. The number of aliphatic carboxylic acids is 1. The smallest absolute Gasteiger partial charge is 0.305 e. The van der Waals surface area contributed by atoms with E-state index in [0.29, 0.717) is 6.54 Å². The van der Waals surface area contributed by atoms with Crippen molar-refractivity contribution in [3.8, 4) is 0 Å². The van der Waals surface area contributed by atoms with Gasteiger partial charge in [-0.3, -0.25) is 4.79 Å². The fraction of sp³-hybridized carbons (Fsp3) is 0.302. The molecule has 0 fully saturated rings. The molecule has 4 aromatic rings. The van der Waals surface area contributed by atoms with E-state index < -0.39 is 5.97 Å². The van der Waals surface area contributed by atoms with Crippen LogP contribution in [0.25, 0.3) is 21.5 Å². The van der Waals surface area contributed by atoms with Crippen LogP contribution in [0.3, 0.4) is 0 Å². The number of fused-ring (bicyclic) bond motifs is 6. The van der Waals surface area contributed by atoms with Crippen molar-refractivity contribution in [2.75, 3.05) is 18.0 Å². The second-order valence-electron chi connectivity index (χ2n) is 13.8. The zero-order valence-corrected chi connectivity index (χ0v) is 28.5. The van der Waals surface area contributed by atoms with Crippen LogP contribution in [-0.2, 0) is 15.6 Å². The van der Waals surface area contributed by atoms with Crippen molar-refractivity contribution in [1.29, 1.82) is 0 Å². The van der Waals surface area contributed by atoms with Crippen molar-refractivity contribution in [3.05, 3.63) is 132 Å². The van der Waals surface area contributed by atoms with Crippen molar-refractivity contribution in [3.63, 3.8) is 0 Å². The Hall–Kier alpha value is -4.70. The molecule has 0 amide bonds. The van der Waals surface area contributed by atoms with Gasteiger partial charge in [0.25, 0.3) is 0 Å². The summed E-state index contributed by atoms with van der Waals surface area (Å²) < 4.78 is 2.54. The molecule has 0 aromatic heterocycles. The van der Waals surface area contributed by atoms with Crippen molar-refractivity contribution in [2.24, 2.45) is 0 Å². The van der Waals surface area contributed by atoms with E-state index >= 15 is 0 Å². The second kappa shape index (κ2) is 13.2. The standard InChI is InChI=1S/C43H46N2O2/c1-6-7-17-29-44-35-26-24-31-18-13-15-20-33(31)40(35)42(2,3)37(44)22-11-9-8-10-12-23-38-43(4,5)41-34-21-16-14-19-32(34)25-27-36(41)45(38)30-28-39(46)47/h8-16,18-27H,6-7,17,28-30H2,1-5H3/p+1. The molecule has 0 saturated carbocycles. The maximum Gasteiger partial charge on any atom is 0.305 e. The topological polar surface area (TPSA) is 43.5 Å². The molecule has 4 heteroatoms. The molecule has 0 atom stereocenters. The monoisotopic (exact) mass is 623 g/mol. The van der Waals surface area contributed by atoms with Crippen LogP contribution in [0.5, 0.6) is 0 Å². The lowest BCUT2D eigenvalue weighted by Crippen LogP contribution is -2.28. The summed E-state index contributed by atoms with van der Waals surface area (Å²) in [4.78, 5) is 13.8. The van der Waals surface area contributed by atoms with Gasteiger partial charge in [-0.15, -0.1) is 0 Å². The third kappa shape index (κ3) is 5.98. The van der Waals surface area contributed by atoms with Crippen LogP contribution in [0.4, 0.5) is 11.4 Å². The summed E-state index contributed by atoms with van der Waals surface area (Å²) in [6, 6.07) is 26.1. The Morgan fingerprint density at radius 1 is 0.766 bits per heavy atom. The van der Waals surface area contributed by atoms with Crippen molar-refractivity contribution < 1.29 is 14.5 Å². The SMILES string of the molecule is CCCCC[N+]1=C(/C=C/C=C/C=C/C=C2/N(CCC(=O)O)c3ccc4ccccc4c3C2(C)C)C(C)(C)c2c1ccc1ccccc21. The lowest BCUT2D eigenvalue weighted by atomic mass is 9.79. The van der Waals surface area contributed by atoms with Gasteiger partial charge in [0, 0.05) is 47.5 Å². The normalized spacial score (nSPS) is 17.7. The number of hydrogen-bond donors (Lipinski definition) is 1. The Balaban J connectivity index is 1.27. The molecule has 4 nitrogen and oxygen atoms in total. The zero-order valence-electron chi connectivity index (χ0n) is 28.5. The summed E-state index contributed by atoms with van der Waals surface area (Å²) in [6.07, 6.45) is 18.6. The van der Waals surface area contributed by atoms with Crippen molar-refractivity contribution in [2.45, 2.75) is 71.1 Å². The number of carboxylic acid groups (broad SMARTS) is 1. The summed E-state index contributed by atoms with van der Waals surface area (Å²) in [7, 11) is 0. The third-order valence-electron chi connectivity index (χ3n) is 10.00. The molecule has 2 heterocycles. The Morgan fingerprint density at radius 3 is 2.11 bits per heavy atom. The van der Waals surface area contributed by atoms with Crippen LogP contribution in [-0.4, -0.2) is 34.5 Å². The van der Waals surface area contributed by atoms with Crippen LogP contribution >= 0.6 is 0 Å². The first kappa shape index (κ1) is 32.2. The second-order valence-corrected chi connectivity index (χ2v) is 13.8. The molecule has 0 bridgehead atoms. The summed E-state index contributed by atoms with van der Waals surface area (Å²) >= 11 is 0. The first-order chi connectivity index (χ1) is 22.7. The van der Waals surface area contributed by atoms with Gasteiger partial charge in [-0.25, -0.2) is 0 Å². The predicted octanol–water partition coefficient (Wildman–Crippen LogP) is 10.4. The first-order valence-corrected chi connectivity index (χ1v) is 17.1. The molecule has 0 unspecified atom stereocenters. The summed E-state index contributed by atoms with van der Waals surface area (Å²) in [5, 5.41) is 14.6. The highest BCUT2D eigenvalue weighted by molar-refractivity contribution is 6.07. The van der Waals surface area contributed by atoms with Gasteiger partial charge in [-0.05, 0) is 65.6 Å². The van der Waals surface area contributed by atoms with Gasteiger partial charge in [0.2, 0.25) is 5.69 Å². The Labute approximate surface area is 279 Å². The van der Waals surface area contributed by atoms with E-state index in [1.54, 1.807) is 0 Å². The van der Waals surface area contributed by atoms with Gasteiger partial charge in [-0.1, -0.05) is 112 Å². The largest absolute Gasteiger partial charge is 0.481 e. The van der Waals surface area contributed by atoms with E-state index in [2.05, 4.69) is 159 Å². The number of carboxylic acids is 1. The molecule has 2 aliphatic heterocycles. The molecule has 6 rings (SSSR count). The summed E-state index contributed by atoms with van der Waals surface area (Å²) in [5.41, 5.74) is 7.17. The zero-order chi connectivity index (χ0) is 33.2. The molecule has 0 spiro atoms. The highest BCUT2D eigenvalue weighted by atomic mass is 16.4. The molecule has 47 heavy (non-hydrogen) atoms. The number of benzene rings is 4. The molecule has 240 valence electrons. The quantitative estimate of drug-likeness (QED) is 0.103. The minimum atomic E-state index is -0.787. The fourth-order valence-electron chi connectivity index (χ4n) is 7.77. The van der Waals surface area contributed by atoms with E-state index in [0.717, 1.165) is 17.9 Å². The number of unbranched alkanes of at least 4 members (excludes halogenated alkanes) is 2. The molecule has 1 N–H and O–H groups in total. The lowest BCUT2D eigenvalue weighted by molar-refractivity contribution is -0.438. The fourth-order valence-corrected chi connectivity index (χ4v) is 7.77. The van der Waals surface area contributed by atoms with E-state index in [9.17, 15) is 9.90 Å². The molecular formula is C43H47N2O2+. The summed E-state index contributed by atoms with van der Waals surface area (Å²) in [6.45, 7) is 12.9. The lowest BCUT2D eigenvalue weighted by Gasteiger charge is -2.26. The molecule has 0 saturated heterocycles. The predicted molar refractivity (Wildman–Crippen MR) is 198 cm³/mol. The molecule has 4 aromatic carbocycles. The van der Waals surface area contributed by atoms with Gasteiger partial charge in [0.05, 0.1) is 11.8 Å². The van der Waals surface area contributed by atoms with Crippen LogP contribution in [0.15, 0.2) is 121 Å². The number of carbonyl (C=O) groups is 1. The Bertz CT molecular complexity index is 1990. The van der Waals surface area contributed by atoms with Gasteiger partial charge in [-0.2, -0.15) is 4.58 Å². The molecule has 2 aliphatic rings. The highest BCUT2D eigenvalue weighted by Crippen LogP contribution is 2.51. The number of nitrogens with zero attached hydrogens (tertiary/aromatic N) is 2. The number of rotatable bonds is 11. The van der Waals surface area contributed by atoms with E-state index in [4.69, 9.17) is 0 Å².